The minimum atomic E-state index is -1.16. The number of fused-ring (bicyclic) bond motifs is 1. The number of carbonyl (C=O) groups excluding carboxylic acids is 1. The number of carboxylic acids is 1. The number of rotatable bonds is 4. The van der Waals surface area contributed by atoms with Crippen LogP contribution in [-0.4, -0.2) is 23.5 Å². The molecule has 0 spiro atoms. The van der Waals surface area contributed by atoms with Crippen LogP contribution in [0.3, 0.4) is 0 Å². The summed E-state index contributed by atoms with van der Waals surface area (Å²) in [7, 11) is 0. The summed E-state index contributed by atoms with van der Waals surface area (Å²) in [6.45, 7) is 0.719. The van der Waals surface area contributed by atoms with Crippen LogP contribution in [0.4, 0.5) is 0 Å². The Morgan fingerprint density at radius 2 is 2.14 bits per heavy atom. The molecule has 1 aliphatic heterocycles. The first kappa shape index (κ1) is 14.1. The Hall–Kier alpha value is -1.84. The monoisotopic (exact) mass is 288 g/mol. The number of carbonyl (C=O) groups is 2. The van der Waals surface area contributed by atoms with Gasteiger partial charge in [-0.1, -0.05) is 18.6 Å². The van der Waals surface area contributed by atoms with E-state index in [-0.39, 0.29) is 5.78 Å². The van der Waals surface area contributed by atoms with Gasteiger partial charge in [-0.05, 0) is 42.9 Å². The van der Waals surface area contributed by atoms with Crippen molar-refractivity contribution in [3.63, 3.8) is 0 Å². The Morgan fingerprint density at radius 3 is 2.90 bits per heavy atom. The van der Waals surface area contributed by atoms with Crippen molar-refractivity contribution in [1.29, 1.82) is 0 Å². The Kier molecular flexibility index (Phi) is 3.70. The van der Waals surface area contributed by atoms with E-state index in [1.165, 1.54) is 5.56 Å². The zero-order valence-electron chi connectivity index (χ0n) is 12.1. The summed E-state index contributed by atoms with van der Waals surface area (Å²) < 4.78 is 5.47. The van der Waals surface area contributed by atoms with Crippen molar-refractivity contribution in [3.05, 3.63) is 29.3 Å². The van der Waals surface area contributed by atoms with Crippen molar-refractivity contribution in [1.82, 2.24) is 0 Å². The molecule has 1 N–H and O–H groups in total. The van der Waals surface area contributed by atoms with E-state index in [2.05, 4.69) is 6.07 Å². The molecule has 1 atom stereocenters. The fourth-order valence-corrected chi connectivity index (χ4v) is 3.44. The van der Waals surface area contributed by atoms with Gasteiger partial charge in [-0.15, -0.1) is 0 Å². The van der Waals surface area contributed by atoms with Gasteiger partial charge in [0.25, 0.3) is 0 Å². The molecule has 4 nitrogen and oxygen atoms in total. The molecule has 1 aromatic carbocycles. The summed E-state index contributed by atoms with van der Waals surface area (Å²) >= 11 is 0. The van der Waals surface area contributed by atoms with E-state index >= 15 is 0 Å². The van der Waals surface area contributed by atoms with Gasteiger partial charge in [-0.25, -0.2) is 0 Å². The van der Waals surface area contributed by atoms with E-state index in [0.717, 1.165) is 37.2 Å². The molecule has 4 heteroatoms. The lowest BCUT2D eigenvalue weighted by Crippen LogP contribution is -2.42. The Labute approximate surface area is 124 Å². The van der Waals surface area contributed by atoms with Gasteiger partial charge in [0.2, 0.25) is 0 Å². The van der Waals surface area contributed by atoms with Gasteiger partial charge in [-0.3, -0.25) is 9.59 Å². The van der Waals surface area contributed by atoms with E-state index in [0.29, 0.717) is 25.7 Å². The second-order valence-electron chi connectivity index (χ2n) is 6.06. The molecule has 1 aromatic rings. The van der Waals surface area contributed by atoms with Crippen LogP contribution in [0.1, 0.15) is 43.2 Å². The molecular weight excluding hydrogens is 268 g/mol. The van der Waals surface area contributed by atoms with Gasteiger partial charge in [0.05, 0.1) is 6.61 Å². The van der Waals surface area contributed by atoms with Crippen LogP contribution in [0.15, 0.2) is 18.2 Å². The van der Waals surface area contributed by atoms with Crippen molar-refractivity contribution in [3.8, 4) is 5.75 Å². The van der Waals surface area contributed by atoms with Crippen molar-refractivity contribution in [2.75, 3.05) is 6.61 Å². The Morgan fingerprint density at radius 1 is 1.29 bits per heavy atom. The maximum absolute atomic E-state index is 12.2. The molecule has 112 valence electrons. The predicted octanol–water partition coefficient (Wildman–Crippen LogP) is 2.77. The molecule has 2 aliphatic rings. The molecular formula is C17H20O4. The fourth-order valence-electron chi connectivity index (χ4n) is 3.44. The van der Waals surface area contributed by atoms with Crippen LogP contribution >= 0.6 is 0 Å². The zero-order chi connectivity index (χ0) is 14.9. The number of aryl methyl sites for hydroxylation is 1. The topological polar surface area (TPSA) is 63.6 Å². The highest BCUT2D eigenvalue weighted by Gasteiger charge is 2.46. The number of aliphatic carboxylic acids is 1. The maximum Gasteiger partial charge on any atom is 0.317 e. The van der Waals surface area contributed by atoms with E-state index in [9.17, 15) is 14.7 Å². The van der Waals surface area contributed by atoms with Gasteiger partial charge in [0.1, 0.15) is 16.9 Å². The van der Waals surface area contributed by atoms with E-state index in [1.54, 1.807) is 0 Å². The van der Waals surface area contributed by atoms with Crippen molar-refractivity contribution >= 4 is 11.8 Å². The van der Waals surface area contributed by atoms with Crippen LogP contribution in [0, 0.1) is 5.41 Å². The summed E-state index contributed by atoms with van der Waals surface area (Å²) in [5.41, 5.74) is 1.12. The molecule has 1 heterocycles. The smallest absolute Gasteiger partial charge is 0.317 e. The highest BCUT2D eigenvalue weighted by molar-refractivity contribution is 6.03. The number of benzene rings is 1. The summed E-state index contributed by atoms with van der Waals surface area (Å²) in [6.07, 6.45) is 4.48. The first-order valence-electron chi connectivity index (χ1n) is 7.63. The number of hydrogen-bond donors (Lipinski definition) is 1. The summed E-state index contributed by atoms with van der Waals surface area (Å²) in [5, 5.41) is 9.55. The van der Waals surface area contributed by atoms with E-state index in [1.807, 2.05) is 12.1 Å². The second kappa shape index (κ2) is 5.51. The van der Waals surface area contributed by atoms with Crippen LogP contribution in [0.25, 0.3) is 0 Å². The highest BCUT2D eigenvalue weighted by Crippen LogP contribution is 2.38. The molecule has 1 fully saturated rings. The van der Waals surface area contributed by atoms with Gasteiger partial charge >= 0.3 is 5.97 Å². The van der Waals surface area contributed by atoms with Crippen LogP contribution in [0.2, 0.25) is 0 Å². The predicted molar refractivity (Wildman–Crippen MR) is 77.5 cm³/mol. The van der Waals surface area contributed by atoms with Crippen molar-refractivity contribution in [2.45, 2.75) is 44.9 Å². The van der Waals surface area contributed by atoms with Gasteiger partial charge in [0.15, 0.2) is 0 Å². The molecule has 0 amide bonds. The van der Waals surface area contributed by atoms with E-state index in [4.69, 9.17) is 4.74 Å². The summed E-state index contributed by atoms with van der Waals surface area (Å²) in [5.74, 6) is -0.108. The third-order valence-electron chi connectivity index (χ3n) is 4.79. The normalized spacial score (nSPS) is 24.5. The second-order valence-corrected chi connectivity index (χ2v) is 6.06. The molecule has 0 aromatic heterocycles. The largest absolute Gasteiger partial charge is 0.493 e. The quantitative estimate of drug-likeness (QED) is 0.865. The summed E-state index contributed by atoms with van der Waals surface area (Å²) in [6, 6.07) is 6.02. The van der Waals surface area contributed by atoms with Crippen LogP contribution in [0.5, 0.6) is 5.75 Å². The maximum atomic E-state index is 12.2. The Bertz CT molecular complexity index is 578. The Balaban J connectivity index is 1.75. The van der Waals surface area contributed by atoms with Gasteiger partial charge in [0, 0.05) is 12.8 Å². The molecule has 3 rings (SSSR count). The lowest BCUT2D eigenvalue weighted by atomic mass is 9.69. The molecule has 21 heavy (non-hydrogen) atoms. The standard InChI is InChI=1S/C17H20O4/c18-15-3-1-2-8-17(15,16(19)20)9-6-12-4-5-14-13(11-12)7-10-21-14/h4-5,11H,1-3,6-10H2,(H,19,20). The van der Waals surface area contributed by atoms with Gasteiger partial charge in [-0.2, -0.15) is 0 Å². The molecule has 0 saturated heterocycles. The SMILES string of the molecule is O=C(O)C1(CCc2ccc3c(c2)CCO3)CCCCC1=O. The van der Waals surface area contributed by atoms with Crippen molar-refractivity contribution in [2.24, 2.45) is 5.41 Å². The fraction of sp³-hybridized carbons (Fsp3) is 0.529. The first-order valence-corrected chi connectivity index (χ1v) is 7.63. The lowest BCUT2D eigenvalue weighted by molar-refractivity contribution is -0.157. The molecule has 1 aliphatic carbocycles. The minimum Gasteiger partial charge on any atom is -0.493 e. The number of ether oxygens (including phenoxy) is 1. The third-order valence-corrected chi connectivity index (χ3v) is 4.79. The average molecular weight is 288 g/mol. The minimum absolute atomic E-state index is 0.0919. The summed E-state index contributed by atoms with van der Waals surface area (Å²) in [4.78, 5) is 23.8. The number of carboxylic acid groups (broad SMARTS) is 1. The highest BCUT2D eigenvalue weighted by atomic mass is 16.5. The number of Topliss-reactive ketones (excluding diaryl/α,β-unsaturated/α-hetero) is 1. The number of hydrogen-bond acceptors (Lipinski definition) is 3. The first-order chi connectivity index (χ1) is 10.1. The molecule has 0 radical (unpaired) electrons. The zero-order valence-corrected chi connectivity index (χ0v) is 12.1. The number of ketones is 1. The lowest BCUT2D eigenvalue weighted by Gasteiger charge is -2.31. The van der Waals surface area contributed by atoms with Gasteiger partial charge < -0.3 is 9.84 Å². The van der Waals surface area contributed by atoms with Crippen LogP contribution in [-0.2, 0) is 22.4 Å². The molecule has 1 unspecified atom stereocenters. The molecule has 0 bridgehead atoms. The average Bonchev–Trinajstić information content (AvgIpc) is 2.94. The van der Waals surface area contributed by atoms with E-state index < -0.39 is 11.4 Å². The van der Waals surface area contributed by atoms with Crippen molar-refractivity contribution < 1.29 is 19.4 Å². The van der Waals surface area contributed by atoms with Crippen LogP contribution < -0.4 is 4.74 Å². The third kappa shape index (κ3) is 2.55. The molecule has 1 saturated carbocycles.